The number of benzene rings is 1. The fourth-order valence-corrected chi connectivity index (χ4v) is 1.77. The maximum atomic E-state index is 11.0. The normalized spacial score (nSPS) is 10.4. The smallest absolute Gasteiger partial charge is 0.330 e. The highest BCUT2D eigenvalue weighted by molar-refractivity contribution is 9.10. The first-order valence-electron chi connectivity index (χ1n) is 4.80. The molecule has 1 aromatic carbocycles. The van der Waals surface area contributed by atoms with Crippen LogP contribution in [0.15, 0.2) is 22.7 Å². The summed E-state index contributed by atoms with van der Waals surface area (Å²) in [6.07, 6.45) is 2.96. The van der Waals surface area contributed by atoms with E-state index in [9.17, 15) is 4.79 Å². The highest BCUT2D eigenvalue weighted by Gasteiger charge is 2.08. The quantitative estimate of drug-likeness (QED) is 0.633. The van der Waals surface area contributed by atoms with Crippen molar-refractivity contribution in [2.24, 2.45) is 0 Å². The lowest BCUT2D eigenvalue weighted by atomic mass is 10.2. The van der Waals surface area contributed by atoms with Gasteiger partial charge in [0, 0.05) is 6.08 Å². The van der Waals surface area contributed by atoms with Gasteiger partial charge in [-0.1, -0.05) is 0 Å². The molecule has 1 aromatic rings. The molecule has 4 nitrogen and oxygen atoms in total. The molecule has 1 rings (SSSR count). The van der Waals surface area contributed by atoms with Crippen molar-refractivity contribution in [1.29, 1.82) is 0 Å². The molecule has 0 aliphatic heterocycles. The summed E-state index contributed by atoms with van der Waals surface area (Å²) in [5, 5.41) is 0. The van der Waals surface area contributed by atoms with Crippen LogP contribution in [0.3, 0.4) is 0 Å². The minimum atomic E-state index is -0.411. The third-order valence-corrected chi connectivity index (χ3v) is 2.86. The van der Waals surface area contributed by atoms with Crippen LogP contribution >= 0.6 is 15.9 Å². The van der Waals surface area contributed by atoms with E-state index >= 15 is 0 Å². The zero-order chi connectivity index (χ0) is 12.8. The van der Waals surface area contributed by atoms with Gasteiger partial charge in [0.2, 0.25) is 0 Å². The van der Waals surface area contributed by atoms with E-state index in [1.165, 1.54) is 13.2 Å². The van der Waals surface area contributed by atoms with E-state index in [-0.39, 0.29) is 0 Å². The van der Waals surface area contributed by atoms with Gasteiger partial charge in [0.15, 0.2) is 0 Å². The number of esters is 1. The molecule has 0 saturated carbocycles. The monoisotopic (exact) mass is 300 g/mol. The maximum absolute atomic E-state index is 11.0. The van der Waals surface area contributed by atoms with Crippen LogP contribution in [0.5, 0.6) is 11.5 Å². The van der Waals surface area contributed by atoms with Crippen molar-refractivity contribution in [2.75, 3.05) is 21.3 Å². The number of carbonyl (C=O) groups excluding carboxylic acids is 1. The second-order valence-electron chi connectivity index (χ2n) is 3.10. The van der Waals surface area contributed by atoms with Crippen molar-refractivity contribution in [1.82, 2.24) is 0 Å². The van der Waals surface area contributed by atoms with Gasteiger partial charge in [-0.15, -0.1) is 0 Å². The molecule has 0 aliphatic rings. The number of ether oxygens (including phenoxy) is 3. The largest absolute Gasteiger partial charge is 0.495 e. The van der Waals surface area contributed by atoms with Gasteiger partial charge in [0.05, 0.1) is 21.3 Å². The minimum Gasteiger partial charge on any atom is -0.495 e. The van der Waals surface area contributed by atoms with Crippen molar-refractivity contribution >= 4 is 28.0 Å². The summed E-state index contributed by atoms with van der Waals surface area (Å²) in [6, 6.07) is 3.57. The molecule has 0 spiro atoms. The lowest BCUT2D eigenvalue weighted by Gasteiger charge is -2.09. The number of methoxy groups -OCH3 is 3. The summed E-state index contributed by atoms with van der Waals surface area (Å²) in [6.45, 7) is 0. The van der Waals surface area contributed by atoms with Crippen molar-refractivity contribution in [3.8, 4) is 11.5 Å². The Morgan fingerprint density at radius 2 is 1.71 bits per heavy atom. The minimum absolute atomic E-state index is 0.411. The van der Waals surface area contributed by atoms with Gasteiger partial charge in [-0.3, -0.25) is 0 Å². The van der Waals surface area contributed by atoms with Crippen molar-refractivity contribution in [3.63, 3.8) is 0 Å². The second kappa shape index (κ2) is 6.30. The standard InChI is InChI=1S/C12H13BrO4/c1-15-9-6-8(4-5-11(14)17-3)7-10(16-2)12(9)13/h4-7H,1-3H3. The molecule has 0 atom stereocenters. The van der Waals surface area contributed by atoms with E-state index in [2.05, 4.69) is 20.7 Å². The van der Waals surface area contributed by atoms with Gasteiger partial charge in [-0.05, 0) is 39.7 Å². The molecule has 0 unspecified atom stereocenters. The molecular formula is C12H13BrO4. The van der Waals surface area contributed by atoms with Crippen LogP contribution < -0.4 is 9.47 Å². The van der Waals surface area contributed by atoms with Crippen LogP contribution in [0.2, 0.25) is 0 Å². The molecule has 0 aromatic heterocycles. The average molecular weight is 301 g/mol. The first kappa shape index (κ1) is 13.6. The van der Waals surface area contributed by atoms with Crippen LogP contribution in [0, 0.1) is 0 Å². The Bertz CT molecular complexity index is 415. The SMILES string of the molecule is COC(=O)C=Cc1cc(OC)c(Br)c(OC)c1. The summed E-state index contributed by atoms with van der Waals surface area (Å²) in [7, 11) is 4.45. The zero-order valence-electron chi connectivity index (χ0n) is 9.82. The molecular weight excluding hydrogens is 288 g/mol. The summed E-state index contributed by atoms with van der Waals surface area (Å²) in [5.41, 5.74) is 0.785. The van der Waals surface area contributed by atoms with Gasteiger partial charge in [0.25, 0.3) is 0 Å². The number of hydrogen-bond acceptors (Lipinski definition) is 4. The lowest BCUT2D eigenvalue weighted by Crippen LogP contribution is -1.94. The topological polar surface area (TPSA) is 44.8 Å². The van der Waals surface area contributed by atoms with Crippen molar-refractivity contribution < 1.29 is 19.0 Å². The third-order valence-electron chi connectivity index (χ3n) is 2.08. The molecule has 0 fully saturated rings. The van der Waals surface area contributed by atoms with Gasteiger partial charge >= 0.3 is 5.97 Å². The van der Waals surface area contributed by atoms with E-state index < -0.39 is 5.97 Å². The van der Waals surface area contributed by atoms with Crippen LogP contribution in [0.25, 0.3) is 6.08 Å². The molecule has 5 heteroatoms. The van der Waals surface area contributed by atoms with Crippen LogP contribution in [0.4, 0.5) is 0 Å². The highest BCUT2D eigenvalue weighted by Crippen LogP contribution is 2.35. The fraction of sp³-hybridized carbons (Fsp3) is 0.250. The van der Waals surface area contributed by atoms with E-state index in [4.69, 9.17) is 9.47 Å². The van der Waals surface area contributed by atoms with Gasteiger partial charge in [-0.2, -0.15) is 0 Å². The van der Waals surface area contributed by atoms with Crippen LogP contribution in [-0.2, 0) is 9.53 Å². The first-order chi connectivity index (χ1) is 8.12. The number of rotatable bonds is 4. The van der Waals surface area contributed by atoms with Crippen molar-refractivity contribution in [3.05, 3.63) is 28.2 Å². The predicted molar refractivity (Wildman–Crippen MR) is 68.3 cm³/mol. The van der Waals surface area contributed by atoms with Gasteiger partial charge in [-0.25, -0.2) is 4.79 Å². The molecule has 0 radical (unpaired) electrons. The molecule has 0 aliphatic carbocycles. The third kappa shape index (κ3) is 3.49. The summed E-state index contributed by atoms with van der Waals surface area (Å²) in [4.78, 5) is 11.0. The molecule has 0 heterocycles. The molecule has 17 heavy (non-hydrogen) atoms. The Balaban J connectivity index is 3.09. The second-order valence-corrected chi connectivity index (χ2v) is 3.89. The first-order valence-corrected chi connectivity index (χ1v) is 5.59. The maximum Gasteiger partial charge on any atom is 0.330 e. The van der Waals surface area contributed by atoms with E-state index in [0.717, 1.165) is 10.0 Å². The molecule has 0 N–H and O–H groups in total. The lowest BCUT2D eigenvalue weighted by molar-refractivity contribution is -0.134. The molecule has 0 bridgehead atoms. The Kier molecular flexibility index (Phi) is 5.03. The van der Waals surface area contributed by atoms with Gasteiger partial charge in [0.1, 0.15) is 16.0 Å². The molecule has 0 saturated heterocycles. The van der Waals surface area contributed by atoms with Crippen LogP contribution in [0.1, 0.15) is 5.56 Å². The summed E-state index contributed by atoms with van der Waals surface area (Å²) < 4.78 is 15.6. The van der Waals surface area contributed by atoms with Gasteiger partial charge < -0.3 is 14.2 Å². The predicted octanol–water partition coefficient (Wildman–Crippen LogP) is 2.65. The zero-order valence-corrected chi connectivity index (χ0v) is 11.4. The fourth-order valence-electron chi connectivity index (χ4n) is 1.22. The molecule has 92 valence electrons. The highest BCUT2D eigenvalue weighted by atomic mass is 79.9. The van der Waals surface area contributed by atoms with Crippen molar-refractivity contribution in [2.45, 2.75) is 0 Å². The summed E-state index contributed by atoms with van der Waals surface area (Å²) >= 11 is 3.36. The average Bonchev–Trinajstić information content (AvgIpc) is 2.36. The van der Waals surface area contributed by atoms with E-state index in [1.807, 2.05) is 0 Å². The Hall–Kier alpha value is -1.49. The van der Waals surface area contributed by atoms with E-state index in [1.54, 1.807) is 32.4 Å². The number of hydrogen-bond donors (Lipinski definition) is 0. The number of halogens is 1. The number of carbonyl (C=O) groups is 1. The van der Waals surface area contributed by atoms with Crippen LogP contribution in [-0.4, -0.2) is 27.3 Å². The Labute approximate surface area is 108 Å². The Morgan fingerprint density at radius 1 is 1.18 bits per heavy atom. The molecule has 0 amide bonds. The Morgan fingerprint density at radius 3 is 2.12 bits per heavy atom. The summed E-state index contributed by atoms with van der Waals surface area (Å²) in [5.74, 6) is 0.855. The van der Waals surface area contributed by atoms with E-state index in [0.29, 0.717) is 11.5 Å².